The van der Waals surface area contributed by atoms with Crippen molar-refractivity contribution >= 4 is 77.6 Å². The van der Waals surface area contributed by atoms with Crippen molar-refractivity contribution in [2.75, 3.05) is 9.80 Å². The van der Waals surface area contributed by atoms with E-state index in [2.05, 4.69) is 244 Å². The van der Waals surface area contributed by atoms with Crippen LogP contribution in [0.3, 0.4) is 0 Å². The lowest BCUT2D eigenvalue weighted by Gasteiger charge is -2.29. The van der Waals surface area contributed by atoms with E-state index in [4.69, 9.17) is 4.42 Å². The molecule has 0 unspecified atom stereocenters. The molecule has 1 aromatic heterocycles. The van der Waals surface area contributed by atoms with E-state index in [0.717, 1.165) is 50.4 Å². The van der Waals surface area contributed by atoms with Crippen LogP contribution in [0.1, 0.15) is 31.9 Å². The van der Waals surface area contributed by atoms with Crippen molar-refractivity contribution in [2.24, 2.45) is 0 Å². The lowest BCUT2D eigenvalue weighted by Crippen LogP contribution is -2.11. The van der Waals surface area contributed by atoms with Crippen molar-refractivity contribution in [2.45, 2.75) is 33.1 Å². The van der Waals surface area contributed by atoms with Crippen molar-refractivity contribution in [1.82, 2.24) is 0 Å². The summed E-state index contributed by atoms with van der Waals surface area (Å²) in [7, 11) is 0. The molecule has 306 valence electrons. The summed E-state index contributed by atoms with van der Waals surface area (Å²) in [5.74, 6) is 0. The predicted molar refractivity (Wildman–Crippen MR) is 271 cm³/mol. The molecule has 12 rings (SSSR count). The Morgan fingerprint density at radius 1 is 0.359 bits per heavy atom. The zero-order valence-electron chi connectivity index (χ0n) is 36.4. The van der Waals surface area contributed by atoms with Gasteiger partial charge in [0.25, 0.3) is 0 Å². The predicted octanol–water partition coefficient (Wildman–Crippen LogP) is 17.8. The number of furan rings is 1. The van der Waals surface area contributed by atoms with Crippen LogP contribution in [0.2, 0.25) is 0 Å². The van der Waals surface area contributed by atoms with E-state index in [1.54, 1.807) is 0 Å². The van der Waals surface area contributed by atoms with Crippen LogP contribution in [-0.4, -0.2) is 0 Å². The van der Waals surface area contributed by atoms with Crippen LogP contribution in [0.25, 0.3) is 76.9 Å². The first-order chi connectivity index (χ1) is 31.3. The molecule has 11 aromatic rings. The van der Waals surface area contributed by atoms with Gasteiger partial charge in [0.05, 0.1) is 5.69 Å². The third-order valence-electron chi connectivity index (χ3n) is 13.2. The first kappa shape index (κ1) is 37.8. The van der Waals surface area contributed by atoms with E-state index in [9.17, 15) is 0 Å². The number of hydrogen-bond acceptors (Lipinski definition) is 3. The molecule has 0 atom stereocenters. The van der Waals surface area contributed by atoms with Crippen LogP contribution >= 0.6 is 0 Å². The second kappa shape index (κ2) is 14.6. The van der Waals surface area contributed by atoms with Crippen LogP contribution in [0.4, 0.5) is 34.1 Å². The fourth-order valence-corrected chi connectivity index (χ4v) is 9.92. The third-order valence-corrected chi connectivity index (χ3v) is 13.2. The van der Waals surface area contributed by atoms with Crippen molar-refractivity contribution in [3.63, 3.8) is 0 Å². The first-order valence-corrected chi connectivity index (χ1v) is 22.2. The maximum absolute atomic E-state index is 6.93. The molecule has 64 heavy (non-hydrogen) atoms. The van der Waals surface area contributed by atoms with E-state index in [-0.39, 0.29) is 5.41 Å². The summed E-state index contributed by atoms with van der Waals surface area (Å²) in [5, 5.41) is 7.15. The number of anilines is 6. The Morgan fingerprint density at radius 2 is 0.859 bits per heavy atom. The van der Waals surface area contributed by atoms with Gasteiger partial charge in [-0.3, -0.25) is 0 Å². The van der Waals surface area contributed by atoms with Gasteiger partial charge in [-0.15, -0.1) is 0 Å². The molecule has 0 saturated carbocycles. The number of aryl methyl sites for hydroxylation is 1. The minimum atomic E-state index is -0.0588. The molecule has 10 aromatic carbocycles. The van der Waals surface area contributed by atoms with Gasteiger partial charge >= 0.3 is 0 Å². The van der Waals surface area contributed by atoms with Crippen LogP contribution in [0.15, 0.2) is 211 Å². The van der Waals surface area contributed by atoms with E-state index >= 15 is 0 Å². The molecular weight excluding hydrogens is 777 g/mol. The maximum Gasteiger partial charge on any atom is 0.159 e. The first-order valence-electron chi connectivity index (χ1n) is 22.2. The highest BCUT2D eigenvalue weighted by Crippen LogP contribution is 2.52. The highest BCUT2D eigenvalue weighted by atomic mass is 16.3. The normalized spacial score (nSPS) is 12.1. The number of fused-ring (bicyclic) bond motifs is 9. The van der Waals surface area contributed by atoms with E-state index < -0.39 is 0 Å². The fourth-order valence-electron chi connectivity index (χ4n) is 9.92. The molecule has 0 amide bonds. The molecule has 0 bridgehead atoms. The second-order valence-electron chi connectivity index (χ2n) is 18.3. The summed E-state index contributed by atoms with van der Waals surface area (Å²) >= 11 is 0. The standard InChI is InChI=1S/C61H46N2O/c1-39-26-27-43(40-16-8-5-9-17-40)38-58(39)63(47-20-12-7-13-21-47)49-31-29-42-35-53-52-34-41-28-30-48(32-44(41)36-54(52)55(53)37-45(42)33-49)62(46-18-10-6-11-19-46)57-25-15-23-51-50-22-14-24-56(61(2,3)4)59(50)64-60(51)57/h5-38H,1-4H3. The minimum absolute atomic E-state index is 0.0588. The van der Waals surface area contributed by atoms with Gasteiger partial charge in [0.15, 0.2) is 5.58 Å². The molecule has 1 heterocycles. The molecule has 3 nitrogen and oxygen atoms in total. The summed E-state index contributed by atoms with van der Waals surface area (Å²) in [5.41, 5.74) is 18.4. The summed E-state index contributed by atoms with van der Waals surface area (Å²) in [6.07, 6.45) is 0. The lowest BCUT2D eigenvalue weighted by molar-refractivity contribution is 0.573. The maximum atomic E-state index is 6.93. The molecule has 0 saturated heterocycles. The zero-order valence-corrected chi connectivity index (χ0v) is 36.4. The van der Waals surface area contributed by atoms with Crippen LogP contribution in [-0.2, 0) is 5.41 Å². The van der Waals surface area contributed by atoms with Gasteiger partial charge in [-0.05, 0) is 158 Å². The van der Waals surface area contributed by atoms with Crippen LogP contribution in [0, 0.1) is 6.92 Å². The third kappa shape index (κ3) is 6.19. The second-order valence-corrected chi connectivity index (χ2v) is 18.3. The van der Waals surface area contributed by atoms with Crippen molar-refractivity contribution in [3.8, 4) is 33.4 Å². The smallest absolute Gasteiger partial charge is 0.159 e. The molecule has 3 heteroatoms. The Kier molecular flexibility index (Phi) is 8.64. The van der Waals surface area contributed by atoms with Crippen molar-refractivity contribution in [3.05, 3.63) is 217 Å². The Hall–Kier alpha value is -7.88. The Balaban J connectivity index is 0.959. The SMILES string of the molecule is Cc1ccc(-c2ccccc2)cc1N(c1ccccc1)c1ccc2cc3c(cc2c1)-c1cc2cc(N(c4ccccc4)c4cccc5c4oc4c(C(C)(C)C)cccc45)ccc2cc1-3. The average molecular weight is 823 g/mol. The summed E-state index contributed by atoms with van der Waals surface area (Å²) in [6.45, 7) is 8.96. The quantitative estimate of drug-likeness (QED) is 0.160. The van der Waals surface area contributed by atoms with Crippen LogP contribution < -0.4 is 9.80 Å². The number of benzene rings is 10. The molecule has 0 radical (unpaired) electrons. The largest absolute Gasteiger partial charge is 0.454 e. The fraction of sp³-hybridized carbons (Fsp3) is 0.0820. The Labute approximate surface area is 374 Å². The highest BCUT2D eigenvalue weighted by molar-refractivity contribution is 6.14. The highest BCUT2D eigenvalue weighted by Gasteiger charge is 2.27. The Morgan fingerprint density at radius 3 is 1.42 bits per heavy atom. The van der Waals surface area contributed by atoms with Gasteiger partial charge in [-0.25, -0.2) is 0 Å². The zero-order chi connectivity index (χ0) is 43.1. The van der Waals surface area contributed by atoms with Crippen LogP contribution in [0.5, 0.6) is 0 Å². The summed E-state index contributed by atoms with van der Waals surface area (Å²) < 4.78 is 6.93. The number of rotatable bonds is 7. The molecule has 0 fully saturated rings. The van der Waals surface area contributed by atoms with Gasteiger partial charge in [0.2, 0.25) is 0 Å². The van der Waals surface area contributed by atoms with Gasteiger partial charge < -0.3 is 14.2 Å². The number of para-hydroxylation sites is 4. The Bertz CT molecular complexity index is 3600. The molecule has 1 aliphatic carbocycles. The van der Waals surface area contributed by atoms with Crippen molar-refractivity contribution in [1.29, 1.82) is 0 Å². The van der Waals surface area contributed by atoms with Gasteiger partial charge in [-0.2, -0.15) is 0 Å². The molecule has 0 N–H and O–H groups in total. The molecule has 0 spiro atoms. The van der Waals surface area contributed by atoms with Gasteiger partial charge in [-0.1, -0.05) is 142 Å². The molecule has 1 aliphatic rings. The van der Waals surface area contributed by atoms with Gasteiger partial charge in [0.1, 0.15) is 5.58 Å². The topological polar surface area (TPSA) is 19.6 Å². The van der Waals surface area contributed by atoms with E-state index in [0.29, 0.717) is 0 Å². The number of nitrogens with zero attached hydrogens (tertiary/aromatic N) is 2. The van der Waals surface area contributed by atoms with Crippen molar-refractivity contribution < 1.29 is 4.42 Å². The monoisotopic (exact) mass is 822 g/mol. The molecule has 0 aliphatic heterocycles. The van der Waals surface area contributed by atoms with Gasteiger partial charge in [0, 0.05) is 44.8 Å². The summed E-state index contributed by atoms with van der Waals surface area (Å²) in [6, 6.07) is 75.2. The lowest BCUT2D eigenvalue weighted by atomic mass is 9.78. The number of hydrogen-bond donors (Lipinski definition) is 0. The van der Waals surface area contributed by atoms with E-state index in [1.165, 1.54) is 71.7 Å². The minimum Gasteiger partial charge on any atom is -0.454 e. The average Bonchev–Trinajstić information content (AvgIpc) is 3.71. The summed E-state index contributed by atoms with van der Waals surface area (Å²) in [4.78, 5) is 4.75. The van der Waals surface area contributed by atoms with E-state index in [1.807, 2.05) is 0 Å². The molecular formula is C61H46N2O.